The molecular weight excluding hydrogens is 440 g/mol. The second kappa shape index (κ2) is 8.90. The van der Waals surface area contributed by atoms with Crippen molar-refractivity contribution < 1.29 is 18.3 Å². The summed E-state index contributed by atoms with van der Waals surface area (Å²) in [4.78, 5) is 11.0. The van der Waals surface area contributed by atoms with Gasteiger partial charge in [0.1, 0.15) is 17.3 Å². The van der Waals surface area contributed by atoms with E-state index in [1.54, 1.807) is 36.4 Å². The zero-order chi connectivity index (χ0) is 23.4. The normalized spacial score (nSPS) is 10.9. The molecule has 9 heteroatoms. The Morgan fingerprint density at radius 2 is 1.42 bits per heavy atom. The van der Waals surface area contributed by atoms with Crippen LogP contribution in [-0.2, 0) is 10.0 Å². The average molecular weight is 456 g/mol. The quantitative estimate of drug-likeness (QED) is 0.444. The fourth-order valence-electron chi connectivity index (χ4n) is 3.28. The minimum atomic E-state index is -4.31. The van der Waals surface area contributed by atoms with Gasteiger partial charge in [-0.25, -0.2) is 4.79 Å². The number of nitrogens with zero attached hydrogens (tertiary/aromatic N) is 3. The summed E-state index contributed by atoms with van der Waals surface area (Å²) in [6, 6.07) is 25.1. The van der Waals surface area contributed by atoms with E-state index in [9.17, 15) is 18.5 Å². The summed E-state index contributed by atoms with van der Waals surface area (Å²) < 4.78 is 28.6. The van der Waals surface area contributed by atoms with Gasteiger partial charge in [0.25, 0.3) is 10.0 Å². The number of nitriles is 1. The molecule has 0 amide bonds. The lowest BCUT2D eigenvalue weighted by Gasteiger charge is -2.14. The number of benzene rings is 3. The molecule has 0 saturated carbocycles. The van der Waals surface area contributed by atoms with Gasteiger partial charge in [0, 0.05) is 16.8 Å². The number of anilines is 1. The molecule has 0 unspecified atom stereocenters. The third kappa shape index (κ3) is 4.42. The Morgan fingerprint density at radius 3 is 1.97 bits per heavy atom. The van der Waals surface area contributed by atoms with Crippen LogP contribution in [0.3, 0.4) is 0 Å². The fraction of sp³-hybridized carbons (Fsp3) is 0. The van der Waals surface area contributed by atoms with Crippen LogP contribution in [0.1, 0.15) is 15.9 Å². The van der Waals surface area contributed by atoms with E-state index in [4.69, 9.17) is 5.11 Å². The Balaban J connectivity index is 1.87. The van der Waals surface area contributed by atoms with Gasteiger partial charge in [0.15, 0.2) is 0 Å². The fourth-order valence-corrected chi connectivity index (χ4v) is 4.39. The number of rotatable bonds is 6. The van der Waals surface area contributed by atoms with Crippen molar-refractivity contribution in [3.8, 4) is 28.5 Å². The van der Waals surface area contributed by atoms with Crippen LogP contribution in [0.15, 0.2) is 90.0 Å². The van der Waals surface area contributed by atoms with Crippen molar-refractivity contribution in [1.29, 1.82) is 5.26 Å². The molecule has 8 nitrogen and oxygen atoms in total. The van der Waals surface area contributed by atoms with E-state index < -0.39 is 21.0 Å². The van der Waals surface area contributed by atoms with E-state index in [2.05, 4.69) is 14.9 Å². The summed E-state index contributed by atoms with van der Waals surface area (Å²) >= 11 is 0. The van der Waals surface area contributed by atoms with Crippen LogP contribution < -0.4 is 4.72 Å². The largest absolute Gasteiger partial charge is 0.478 e. The van der Waals surface area contributed by atoms with Crippen LogP contribution >= 0.6 is 0 Å². The van der Waals surface area contributed by atoms with Crippen LogP contribution in [0, 0.1) is 11.3 Å². The highest BCUT2D eigenvalue weighted by Gasteiger charge is 2.27. The molecule has 0 radical (unpaired) electrons. The average Bonchev–Trinajstić information content (AvgIpc) is 2.84. The van der Waals surface area contributed by atoms with Gasteiger partial charge >= 0.3 is 5.97 Å². The predicted octanol–water partition coefficient (Wildman–Crippen LogP) is 4.18. The van der Waals surface area contributed by atoms with E-state index in [0.717, 1.165) is 0 Å². The molecule has 0 aliphatic heterocycles. The second-order valence-electron chi connectivity index (χ2n) is 6.94. The molecule has 4 aromatic rings. The topological polar surface area (TPSA) is 133 Å². The van der Waals surface area contributed by atoms with Crippen molar-refractivity contribution in [3.63, 3.8) is 0 Å². The van der Waals surface area contributed by atoms with Crippen LogP contribution in [0.4, 0.5) is 5.69 Å². The van der Waals surface area contributed by atoms with Crippen LogP contribution in [0.2, 0.25) is 0 Å². The molecule has 1 heterocycles. The number of carboxylic acid groups (broad SMARTS) is 1. The first kappa shape index (κ1) is 21.7. The molecule has 33 heavy (non-hydrogen) atoms. The van der Waals surface area contributed by atoms with Gasteiger partial charge in [-0.2, -0.15) is 13.7 Å². The van der Waals surface area contributed by atoms with Gasteiger partial charge in [-0.05, 0) is 29.8 Å². The number of nitrogens with one attached hydrogen (secondary N) is 1. The number of carbonyl (C=O) groups is 1. The van der Waals surface area contributed by atoms with Gasteiger partial charge in [0.05, 0.1) is 5.56 Å². The highest BCUT2D eigenvalue weighted by atomic mass is 32.2. The predicted molar refractivity (Wildman–Crippen MR) is 122 cm³/mol. The number of hydrogen-bond donors (Lipinski definition) is 2. The summed E-state index contributed by atoms with van der Waals surface area (Å²) in [5.74, 6) is -1.13. The number of aromatic nitrogens is 2. The molecule has 0 aliphatic carbocycles. The first-order valence-electron chi connectivity index (χ1n) is 9.68. The Labute approximate surface area is 189 Å². The molecule has 0 fully saturated rings. The molecule has 0 spiro atoms. The van der Waals surface area contributed by atoms with Crippen molar-refractivity contribution in [1.82, 2.24) is 10.2 Å². The highest BCUT2D eigenvalue weighted by Crippen LogP contribution is 2.35. The maximum atomic E-state index is 13.2. The molecular formula is C24H16N4O4S. The molecule has 162 valence electrons. The zero-order valence-corrected chi connectivity index (χ0v) is 17.8. The molecule has 4 rings (SSSR count). The van der Waals surface area contributed by atoms with E-state index >= 15 is 0 Å². The van der Waals surface area contributed by atoms with Gasteiger partial charge in [-0.3, -0.25) is 4.72 Å². The Kier molecular flexibility index (Phi) is 5.85. The minimum absolute atomic E-state index is 0.00836. The van der Waals surface area contributed by atoms with Crippen molar-refractivity contribution in [2.45, 2.75) is 5.03 Å². The number of aromatic carboxylic acids is 1. The molecule has 0 bridgehead atoms. The maximum absolute atomic E-state index is 13.2. The lowest BCUT2D eigenvalue weighted by atomic mass is 9.96. The first-order chi connectivity index (χ1) is 15.9. The molecule has 3 aromatic carbocycles. The summed E-state index contributed by atoms with van der Waals surface area (Å²) in [7, 11) is -4.31. The van der Waals surface area contributed by atoms with E-state index in [1.807, 2.05) is 30.3 Å². The molecule has 0 atom stereocenters. The Morgan fingerprint density at radius 1 is 0.848 bits per heavy atom. The standard InChI is InChI=1S/C24H16N4O4S/c25-15-20-21(16-7-3-1-4-8-16)22(17-9-5-2-6-10-17)26-27-23(20)33(31,32)28-19-13-11-18(12-14-19)24(29)30/h1-14,28H,(H,29,30). The summed E-state index contributed by atoms with van der Waals surface area (Å²) in [5, 5.41) is 26.6. The van der Waals surface area contributed by atoms with Gasteiger partial charge in [0.2, 0.25) is 5.03 Å². The van der Waals surface area contributed by atoms with Crippen molar-refractivity contribution in [3.05, 3.63) is 96.1 Å². The van der Waals surface area contributed by atoms with Crippen molar-refractivity contribution >= 4 is 21.7 Å². The SMILES string of the molecule is N#Cc1c(S(=O)(=O)Nc2ccc(C(=O)O)cc2)nnc(-c2ccccc2)c1-c1ccccc1. The smallest absolute Gasteiger partial charge is 0.335 e. The van der Waals surface area contributed by atoms with Crippen molar-refractivity contribution in [2.24, 2.45) is 0 Å². The first-order valence-corrected chi connectivity index (χ1v) is 11.2. The molecule has 1 aromatic heterocycles. The highest BCUT2D eigenvalue weighted by molar-refractivity contribution is 7.92. The summed E-state index contributed by atoms with van der Waals surface area (Å²) in [5.41, 5.74) is 2.01. The van der Waals surface area contributed by atoms with Crippen LogP contribution in [-0.4, -0.2) is 29.7 Å². The Bertz CT molecular complexity index is 1470. The van der Waals surface area contributed by atoms with Crippen LogP contribution in [0.5, 0.6) is 0 Å². The number of carboxylic acids is 1. The van der Waals surface area contributed by atoms with E-state index in [0.29, 0.717) is 22.4 Å². The summed E-state index contributed by atoms with van der Waals surface area (Å²) in [6.07, 6.45) is 0. The molecule has 0 saturated heterocycles. The lowest BCUT2D eigenvalue weighted by Crippen LogP contribution is -2.18. The molecule has 0 aliphatic rings. The van der Waals surface area contributed by atoms with Crippen molar-refractivity contribution in [2.75, 3.05) is 4.72 Å². The summed E-state index contributed by atoms with van der Waals surface area (Å²) in [6.45, 7) is 0. The Hall–Kier alpha value is -4.55. The molecule has 2 N–H and O–H groups in total. The lowest BCUT2D eigenvalue weighted by molar-refractivity contribution is 0.0697. The van der Waals surface area contributed by atoms with Gasteiger partial charge < -0.3 is 5.11 Å². The van der Waals surface area contributed by atoms with E-state index in [-0.39, 0.29) is 16.8 Å². The second-order valence-corrected chi connectivity index (χ2v) is 8.53. The van der Waals surface area contributed by atoms with E-state index in [1.165, 1.54) is 24.3 Å². The monoisotopic (exact) mass is 456 g/mol. The minimum Gasteiger partial charge on any atom is -0.478 e. The van der Waals surface area contributed by atoms with Gasteiger partial charge in [-0.15, -0.1) is 10.2 Å². The van der Waals surface area contributed by atoms with Gasteiger partial charge in [-0.1, -0.05) is 60.7 Å². The number of hydrogen-bond acceptors (Lipinski definition) is 6. The number of sulfonamides is 1. The zero-order valence-electron chi connectivity index (χ0n) is 17.0. The van der Waals surface area contributed by atoms with Crippen LogP contribution in [0.25, 0.3) is 22.4 Å². The maximum Gasteiger partial charge on any atom is 0.335 e. The third-order valence-electron chi connectivity index (χ3n) is 4.80. The third-order valence-corrected chi connectivity index (χ3v) is 6.10.